The number of benzene rings is 1. The highest BCUT2D eigenvalue weighted by Crippen LogP contribution is 2.26. The number of rotatable bonds is 4. The number of Topliss-reactive ketones (excluding diaryl/α,β-unsaturated/α-hetero) is 1. The SMILES string of the molecule is CC(C(=O)c1ccc(Cl)cc1)S(=O)C1CCCC1. The average Bonchev–Trinajstić information content (AvgIpc) is 2.91. The molecule has 0 spiro atoms. The summed E-state index contributed by atoms with van der Waals surface area (Å²) in [6.07, 6.45) is 4.26. The molecule has 2 rings (SSSR count). The van der Waals surface area contributed by atoms with Crippen molar-refractivity contribution in [3.05, 3.63) is 34.9 Å². The second-order valence-electron chi connectivity index (χ2n) is 4.75. The average molecular weight is 285 g/mol. The zero-order valence-electron chi connectivity index (χ0n) is 10.4. The van der Waals surface area contributed by atoms with E-state index < -0.39 is 16.0 Å². The second-order valence-corrected chi connectivity index (χ2v) is 7.22. The summed E-state index contributed by atoms with van der Waals surface area (Å²) >= 11 is 5.79. The van der Waals surface area contributed by atoms with Crippen LogP contribution in [-0.4, -0.2) is 20.5 Å². The fourth-order valence-corrected chi connectivity index (χ4v) is 4.21. The van der Waals surface area contributed by atoms with Crippen LogP contribution in [0.15, 0.2) is 24.3 Å². The fourth-order valence-electron chi connectivity index (χ4n) is 2.36. The van der Waals surface area contributed by atoms with Crippen LogP contribution in [0.2, 0.25) is 5.02 Å². The van der Waals surface area contributed by atoms with Gasteiger partial charge in [0.2, 0.25) is 0 Å². The maximum Gasteiger partial charge on any atom is 0.178 e. The van der Waals surface area contributed by atoms with Crippen LogP contribution in [0.5, 0.6) is 0 Å². The molecule has 2 atom stereocenters. The molecular weight excluding hydrogens is 268 g/mol. The molecule has 1 aliphatic carbocycles. The Morgan fingerprint density at radius 2 is 1.83 bits per heavy atom. The van der Waals surface area contributed by atoms with Gasteiger partial charge >= 0.3 is 0 Å². The Labute approximate surface area is 115 Å². The number of carbonyl (C=O) groups is 1. The van der Waals surface area contributed by atoms with Crippen LogP contribution in [0.3, 0.4) is 0 Å². The molecule has 0 N–H and O–H groups in total. The van der Waals surface area contributed by atoms with Gasteiger partial charge in [0.25, 0.3) is 0 Å². The number of ketones is 1. The standard InChI is InChI=1S/C14H17ClO2S/c1-10(18(17)13-4-2-3-5-13)14(16)11-6-8-12(15)9-7-11/h6-10,13H,2-5H2,1H3. The summed E-state index contributed by atoms with van der Waals surface area (Å²) in [5.41, 5.74) is 0.596. The molecule has 2 unspecified atom stereocenters. The van der Waals surface area contributed by atoms with Gasteiger partial charge in [-0.1, -0.05) is 24.4 Å². The molecule has 0 amide bonds. The Balaban J connectivity index is 2.08. The summed E-state index contributed by atoms with van der Waals surface area (Å²) in [6.45, 7) is 1.77. The normalized spacial score (nSPS) is 19.7. The predicted molar refractivity (Wildman–Crippen MR) is 75.6 cm³/mol. The topological polar surface area (TPSA) is 34.1 Å². The smallest absolute Gasteiger partial charge is 0.178 e. The molecular formula is C14H17ClO2S. The molecule has 1 aromatic rings. The fraction of sp³-hybridized carbons (Fsp3) is 0.500. The third-order valence-corrected chi connectivity index (χ3v) is 5.77. The Morgan fingerprint density at radius 3 is 2.39 bits per heavy atom. The van der Waals surface area contributed by atoms with Crippen molar-refractivity contribution in [1.82, 2.24) is 0 Å². The van der Waals surface area contributed by atoms with Gasteiger partial charge in [-0.2, -0.15) is 0 Å². The highest BCUT2D eigenvalue weighted by molar-refractivity contribution is 7.87. The molecule has 2 nitrogen and oxygen atoms in total. The minimum Gasteiger partial charge on any atom is -0.293 e. The van der Waals surface area contributed by atoms with Gasteiger partial charge < -0.3 is 0 Å². The van der Waals surface area contributed by atoms with Crippen LogP contribution in [0.1, 0.15) is 43.0 Å². The lowest BCUT2D eigenvalue weighted by Crippen LogP contribution is -2.29. The van der Waals surface area contributed by atoms with Gasteiger partial charge in [0.05, 0.1) is 5.25 Å². The van der Waals surface area contributed by atoms with Crippen molar-refractivity contribution in [3.63, 3.8) is 0 Å². The van der Waals surface area contributed by atoms with E-state index >= 15 is 0 Å². The van der Waals surface area contributed by atoms with Crippen LogP contribution in [0.25, 0.3) is 0 Å². The van der Waals surface area contributed by atoms with Gasteiger partial charge in [-0.15, -0.1) is 0 Å². The van der Waals surface area contributed by atoms with Crippen molar-refractivity contribution in [1.29, 1.82) is 0 Å². The Morgan fingerprint density at radius 1 is 1.28 bits per heavy atom. The summed E-state index contributed by atoms with van der Waals surface area (Å²) in [5, 5.41) is 0.390. The van der Waals surface area contributed by atoms with Crippen LogP contribution < -0.4 is 0 Å². The number of carbonyl (C=O) groups excluding carboxylic acids is 1. The third-order valence-electron chi connectivity index (χ3n) is 3.48. The first kappa shape index (κ1) is 13.8. The first-order valence-corrected chi connectivity index (χ1v) is 7.94. The minimum atomic E-state index is -1.06. The van der Waals surface area contributed by atoms with E-state index in [0.29, 0.717) is 10.6 Å². The quantitative estimate of drug-likeness (QED) is 0.792. The molecule has 0 radical (unpaired) electrons. The van der Waals surface area contributed by atoms with E-state index in [2.05, 4.69) is 0 Å². The molecule has 1 fully saturated rings. The number of halogens is 1. The van der Waals surface area contributed by atoms with E-state index in [1.165, 1.54) is 0 Å². The molecule has 1 aromatic carbocycles. The van der Waals surface area contributed by atoms with E-state index in [9.17, 15) is 9.00 Å². The van der Waals surface area contributed by atoms with E-state index in [-0.39, 0.29) is 11.0 Å². The Kier molecular flexibility index (Phi) is 4.57. The minimum absolute atomic E-state index is 0.0445. The summed E-state index contributed by atoms with van der Waals surface area (Å²) in [4.78, 5) is 12.2. The molecule has 1 aliphatic rings. The highest BCUT2D eigenvalue weighted by atomic mass is 35.5. The van der Waals surface area contributed by atoms with Crippen LogP contribution >= 0.6 is 11.6 Å². The summed E-state index contributed by atoms with van der Waals surface area (Å²) in [6, 6.07) is 6.79. The summed E-state index contributed by atoms with van der Waals surface area (Å²) in [7, 11) is -1.06. The third kappa shape index (κ3) is 3.01. The lowest BCUT2D eigenvalue weighted by molar-refractivity contribution is 0.0992. The molecule has 1 saturated carbocycles. The van der Waals surface area contributed by atoms with Crippen molar-refractivity contribution in [3.8, 4) is 0 Å². The predicted octanol–water partition coefficient (Wildman–Crippen LogP) is 3.60. The summed E-state index contributed by atoms with van der Waals surface area (Å²) < 4.78 is 12.3. The van der Waals surface area contributed by atoms with Crippen molar-refractivity contribution in [2.75, 3.05) is 0 Å². The first-order chi connectivity index (χ1) is 8.59. The molecule has 4 heteroatoms. The monoisotopic (exact) mass is 284 g/mol. The molecule has 0 aliphatic heterocycles. The zero-order valence-corrected chi connectivity index (χ0v) is 12.0. The molecule has 0 aromatic heterocycles. The molecule has 0 bridgehead atoms. The van der Waals surface area contributed by atoms with Crippen molar-refractivity contribution < 1.29 is 9.00 Å². The van der Waals surface area contributed by atoms with Gasteiger partial charge in [-0.05, 0) is 44.0 Å². The van der Waals surface area contributed by atoms with E-state index in [1.54, 1.807) is 31.2 Å². The Hall–Kier alpha value is -0.670. The molecule has 0 heterocycles. The second kappa shape index (κ2) is 5.98. The zero-order chi connectivity index (χ0) is 13.1. The van der Waals surface area contributed by atoms with Crippen molar-refractivity contribution in [2.24, 2.45) is 0 Å². The van der Waals surface area contributed by atoms with Gasteiger partial charge in [0, 0.05) is 26.6 Å². The van der Waals surface area contributed by atoms with Gasteiger partial charge in [-0.3, -0.25) is 9.00 Å². The van der Waals surface area contributed by atoms with Crippen molar-refractivity contribution >= 4 is 28.2 Å². The maximum atomic E-state index is 12.3. The van der Waals surface area contributed by atoms with Crippen LogP contribution in [0.4, 0.5) is 0 Å². The number of hydrogen-bond donors (Lipinski definition) is 0. The van der Waals surface area contributed by atoms with Gasteiger partial charge in [0.15, 0.2) is 5.78 Å². The van der Waals surface area contributed by atoms with Gasteiger partial charge in [0.1, 0.15) is 0 Å². The van der Waals surface area contributed by atoms with Crippen molar-refractivity contribution in [2.45, 2.75) is 43.1 Å². The maximum absolute atomic E-state index is 12.3. The first-order valence-electron chi connectivity index (χ1n) is 6.29. The van der Waals surface area contributed by atoms with Crippen LogP contribution in [0, 0.1) is 0 Å². The highest BCUT2D eigenvalue weighted by Gasteiger charge is 2.29. The van der Waals surface area contributed by atoms with Crippen LogP contribution in [-0.2, 0) is 10.8 Å². The molecule has 18 heavy (non-hydrogen) atoms. The van der Waals surface area contributed by atoms with Gasteiger partial charge in [-0.25, -0.2) is 0 Å². The molecule has 98 valence electrons. The lowest BCUT2D eigenvalue weighted by atomic mass is 10.1. The van der Waals surface area contributed by atoms with E-state index in [1.807, 2.05) is 0 Å². The molecule has 0 saturated heterocycles. The van der Waals surface area contributed by atoms with E-state index in [0.717, 1.165) is 25.7 Å². The largest absolute Gasteiger partial charge is 0.293 e. The number of hydrogen-bond acceptors (Lipinski definition) is 2. The lowest BCUT2D eigenvalue weighted by Gasteiger charge is -2.15. The summed E-state index contributed by atoms with van der Waals surface area (Å²) in [5.74, 6) is -0.0445. The van der Waals surface area contributed by atoms with E-state index in [4.69, 9.17) is 11.6 Å². The Bertz CT molecular complexity index is 449.